The largest absolute Gasteiger partial charge is 0.464 e. The second-order valence-electron chi connectivity index (χ2n) is 8.29. The summed E-state index contributed by atoms with van der Waals surface area (Å²) in [7, 11) is 0. The van der Waals surface area contributed by atoms with Crippen LogP contribution in [0.25, 0.3) is 0 Å². The number of carbonyl (C=O) groups excluding carboxylic acids is 2. The molecule has 4 heteroatoms. The Bertz CT molecular complexity index is 1020. The van der Waals surface area contributed by atoms with E-state index in [2.05, 4.69) is 0 Å². The first-order valence-corrected chi connectivity index (χ1v) is 11.7. The van der Waals surface area contributed by atoms with Crippen LogP contribution in [0.4, 0.5) is 0 Å². The van der Waals surface area contributed by atoms with Gasteiger partial charge in [-0.3, -0.25) is 9.59 Å². The molecule has 0 spiro atoms. The van der Waals surface area contributed by atoms with Gasteiger partial charge in [0.15, 0.2) is 0 Å². The van der Waals surface area contributed by atoms with Gasteiger partial charge < -0.3 is 9.47 Å². The number of benzene rings is 4. The van der Waals surface area contributed by atoms with Crippen LogP contribution in [0.1, 0.15) is 40.5 Å². The van der Waals surface area contributed by atoms with Crippen LogP contribution < -0.4 is 0 Å². The van der Waals surface area contributed by atoms with Crippen LogP contribution in [-0.2, 0) is 19.1 Å². The zero-order chi connectivity index (χ0) is 24.3. The molecule has 0 bridgehead atoms. The smallest absolute Gasteiger partial charge is 0.317 e. The number of carbonyl (C=O) groups is 2. The molecule has 0 aromatic heterocycles. The standard InChI is InChI=1S/C31H28O4/c32-30(34-22-28(24-13-5-1-6-14-24)25-15-7-2-8-16-25)21-31(33)35-23-29(26-17-9-3-10-18-26)27-19-11-4-12-20-27/h1-20,28-29H,21-23H2. The fourth-order valence-corrected chi connectivity index (χ4v) is 4.08. The van der Waals surface area contributed by atoms with Gasteiger partial charge in [-0.05, 0) is 22.3 Å². The Hall–Kier alpha value is -4.18. The first kappa shape index (κ1) is 24.0. The molecule has 0 unspecified atom stereocenters. The van der Waals surface area contributed by atoms with Crippen LogP contribution in [-0.4, -0.2) is 25.2 Å². The highest BCUT2D eigenvalue weighted by Gasteiger charge is 2.21. The van der Waals surface area contributed by atoms with Crippen molar-refractivity contribution in [2.24, 2.45) is 0 Å². The number of esters is 2. The van der Waals surface area contributed by atoms with Crippen LogP contribution in [0.3, 0.4) is 0 Å². The Morgan fingerprint density at radius 1 is 0.457 bits per heavy atom. The molecule has 0 N–H and O–H groups in total. The molecular formula is C31H28O4. The summed E-state index contributed by atoms with van der Waals surface area (Å²) in [6, 6.07) is 39.5. The van der Waals surface area contributed by atoms with Gasteiger partial charge in [0.25, 0.3) is 0 Å². The molecule has 0 heterocycles. The third-order valence-corrected chi connectivity index (χ3v) is 5.92. The number of hydrogen-bond acceptors (Lipinski definition) is 4. The van der Waals surface area contributed by atoms with Gasteiger partial charge in [-0.2, -0.15) is 0 Å². The molecule has 176 valence electrons. The van der Waals surface area contributed by atoms with E-state index in [0.29, 0.717) is 0 Å². The van der Waals surface area contributed by atoms with Gasteiger partial charge in [0.05, 0.1) is 0 Å². The minimum atomic E-state index is -0.595. The average Bonchev–Trinajstić information content (AvgIpc) is 2.91. The summed E-state index contributed by atoms with van der Waals surface area (Å²) >= 11 is 0. The third-order valence-electron chi connectivity index (χ3n) is 5.92. The van der Waals surface area contributed by atoms with Crippen LogP contribution in [0.5, 0.6) is 0 Å². The molecule has 0 atom stereocenters. The Balaban J connectivity index is 1.35. The zero-order valence-corrected chi connectivity index (χ0v) is 19.5. The zero-order valence-electron chi connectivity index (χ0n) is 19.5. The summed E-state index contributed by atoms with van der Waals surface area (Å²) in [6.07, 6.45) is -0.424. The lowest BCUT2D eigenvalue weighted by atomic mass is 9.92. The van der Waals surface area contributed by atoms with Crippen molar-refractivity contribution in [3.8, 4) is 0 Å². The predicted octanol–water partition coefficient (Wildman–Crippen LogP) is 6.13. The van der Waals surface area contributed by atoms with Crippen molar-refractivity contribution in [3.05, 3.63) is 144 Å². The summed E-state index contributed by atoms with van der Waals surface area (Å²) in [5.41, 5.74) is 4.18. The van der Waals surface area contributed by atoms with Crippen molar-refractivity contribution < 1.29 is 19.1 Å². The van der Waals surface area contributed by atoms with Crippen LogP contribution >= 0.6 is 0 Å². The molecule has 0 aliphatic heterocycles. The van der Waals surface area contributed by atoms with E-state index in [1.54, 1.807) is 0 Å². The van der Waals surface area contributed by atoms with Crippen molar-refractivity contribution in [1.29, 1.82) is 0 Å². The fraction of sp³-hybridized carbons (Fsp3) is 0.161. The Kier molecular flexibility index (Phi) is 8.44. The molecule has 0 saturated heterocycles. The molecule has 0 saturated carbocycles. The van der Waals surface area contributed by atoms with E-state index in [9.17, 15) is 9.59 Å². The van der Waals surface area contributed by atoms with Gasteiger partial charge in [-0.1, -0.05) is 121 Å². The van der Waals surface area contributed by atoms with E-state index in [1.807, 2.05) is 121 Å². The second-order valence-corrected chi connectivity index (χ2v) is 8.29. The van der Waals surface area contributed by atoms with Crippen molar-refractivity contribution >= 4 is 11.9 Å². The minimum Gasteiger partial charge on any atom is -0.464 e. The van der Waals surface area contributed by atoms with Crippen LogP contribution in [0.15, 0.2) is 121 Å². The topological polar surface area (TPSA) is 52.6 Å². The molecule has 4 nitrogen and oxygen atoms in total. The lowest BCUT2D eigenvalue weighted by Crippen LogP contribution is -2.20. The molecule has 0 fully saturated rings. The average molecular weight is 465 g/mol. The van der Waals surface area contributed by atoms with Crippen molar-refractivity contribution in [3.63, 3.8) is 0 Å². The normalized spacial score (nSPS) is 10.8. The van der Waals surface area contributed by atoms with Gasteiger partial charge in [0.2, 0.25) is 0 Å². The minimum absolute atomic E-state index is 0.113. The highest BCUT2D eigenvalue weighted by Crippen LogP contribution is 2.26. The van der Waals surface area contributed by atoms with Gasteiger partial charge in [-0.15, -0.1) is 0 Å². The first-order chi connectivity index (χ1) is 17.2. The number of rotatable bonds is 10. The molecule has 0 aliphatic rings. The maximum atomic E-state index is 12.5. The van der Waals surface area contributed by atoms with Crippen molar-refractivity contribution in [2.45, 2.75) is 18.3 Å². The Labute approximate surface area is 206 Å². The van der Waals surface area contributed by atoms with Crippen LogP contribution in [0, 0.1) is 0 Å². The maximum Gasteiger partial charge on any atom is 0.317 e. The van der Waals surface area contributed by atoms with E-state index in [1.165, 1.54) is 0 Å². The summed E-state index contributed by atoms with van der Waals surface area (Å²) in [4.78, 5) is 25.0. The number of ether oxygens (including phenoxy) is 2. The number of hydrogen-bond donors (Lipinski definition) is 0. The predicted molar refractivity (Wildman–Crippen MR) is 136 cm³/mol. The second kappa shape index (κ2) is 12.3. The summed E-state index contributed by atoms with van der Waals surface area (Å²) in [6.45, 7) is 0.299. The highest BCUT2D eigenvalue weighted by molar-refractivity contribution is 5.91. The van der Waals surface area contributed by atoms with E-state index in [0.717, 1.165) is 22.3 Å². The van der Waals surface area contributed by atoms with E-state index in [-0.39, 0.29) is 25.0 Å². The summed E-state index contributed by atoms with van der Waals surface area (Å²) in [5.74, 6) is -1.42. The van der Waals surface area contributed by atoms with Gasteiger partial charge in [0, 0.05) is 11.8 Å². The molecule has 0 amide bonds. The molecule has 4 rings (SSSR count). The molecule has 35 heavy (non-hydrogen) atoms. The molecular weight excluding hydrogens is 436 g/mol. The highest BCUT2D eigenvalue weighted by atomic mass is 16.6. The fourth-order valence-electron chi connectivity index (χ4n) is 4.08. The summed E-state index contributed by atoms with van der Waals surface area (Å²) in [5, 5.41) is 0. The first-order valence-electron chi connectivity index (χ1n) is 11.7. The molecule has 4 aromatic carbocycles. The van der Waals surface area contributed by atoms with Gasteiger partial charge >= 0.3 is 11.9 Å². The van der Waals surface area contributed by atoms with Crippen molar-refractivity contribution in [1.82, 2.24) is 0 Å². The van der Waals surface area contributed by atoms with Crippen molar-refractivity contribution in [2.75, 3.05) is 13.2 Å². The maximum absolute atomic E-state index is 12.5. The van der Waals surface area contributed by atoms with Gasteiger partial charge in [0.1, 0.15) is 19.6 Å². The van der Waals surface area contributed by atoms with Gasteiger partial charge in [-0.25, -0.2) is 0 Å². The monoisotopic (exact) mass is 464 g/mol. The van der Waals surface area contributed by atoms with E-state index in [4.69, 9.17) is 9.47 Å². The van der Waals surface area contributed by atoms with E-state index < -0.39 is 18.4 Å². The Morgan fingerprint density at radius 3 is 0.971 bits per heavy atom. The summed E-state index contributed by atoms with van der Waals surface area (Å²) < 4.78 is 11.0. The third kappa shape index (κ3) is 6.90. The molecule has 4 aromatic rings. The van der Waals surface area contributed by atoms with E-state index >= 15 is 0 Å². The lowest BCUT2D eigenvalue weighted by molar-refractivity contribution is -0.154. The van der Waals surface area contributed by atoms with Crippen LogP contribution in [0.2, 0.25) is 0 Å². The molecule has 0 radical (unpaired) electrons. The molecule has 0 aliphatic carbocycles. The SMILES string of the molecule is O=C(CC(=O)OCC(c1ccccc1)c1ccccc1)OCC(c1ccccc1)c1ccccc1. The Morgan fingerprint density at radius 2 is 0.714 bits per heavy atom. The quantitative estimate of drug-likeness (QED) is 0.209. The lowest BCUT2D eigenvalue weighted by Gasteiger charge is -2.19.